The van der Waals surface area contributed by atoms with Gasteiger partial charge in [0.05, 0.1) is 6.61 Å². The number of nitrogens with two attached hydrogens (primary N) is 1. The van der Waals surface area contributed by atoms with Gasteiger partial charge in [-0.3, -0.25) is 0 Å². The molecule has 0 radical (unpaired) electrons. The first-order valence-corrected chi connectivity index (χ1v) is 5.32. The second-order valence-corrected chi connectivity index (χ2v) is 3.28. The van der Waals surface area contributed by atoms with Gasteiger partial charge in [-0.1, -0.05) is 26.7 Å². The van der Waals surface area contributed by atoms with Crippen LogP contribution in [0.25, 0.3) is 0 Å². The molecule has 0 saturated heterocycles. The predicted molar refractivity (Wildman–Crippen MR) is 57.1 cm³/mol. The number of nitrogens with one attached hydrogen (secondary N) is 1. The third-order valence-corrected chi connectivity index (χ3v) is 2.45. The van der Waals surface area contributed by atoms with Gasteiger partial charge in [-0.2, -0.15) is 0 Å². The van der Waals surface area contributed by atoms with Crippen LogP contribution in [0.2, 0.25) is 0 Å². The largest absolute Gasteiger partial charge is 0.450 e. The molecule has 0 aliphatic rings. The lowest BCUT2D eigenvalue weighted by atomic mass is 9.94. The lowest BCUT2D eigenvalue weighted by Gasteiger charge is -2.24. The maximum absolute atomic E-state index is 11.2. The summed E-state index contributed by atoms with van der Waals surface area (Å²) in [5.74, 6) is 0.435. The van der Waals surface area contributed by atoms with Gasteiger partial charge in [0, 0.05) is 12.6 Å². The Labute approximate surface area is 86.2 Å². The summed E-state index contributed by atoms with van der Waals surface area (Å²) in [6.07, 6.45) is 1.67. The summed E-state index contributed by atoms with van der Waals surface area (Å²) in [5, 5.41) is 2.78. The van der Waals surface area contributed by atoms with Crippen molar-refractivity contribution in [1.82, 2.24) is 5.32 Å². The van der Waals surface area contributed by atoms with Gasteiger partial charge in [-0.25, -0.2) is 4.79 Å². The zero-order valence-electron chi connectivity index (χ0n) is 9.38. The van der Waals surface area contributed by atoms with E-state index < -0.39 is 0 Å². The average molecular weight is 202 g/mol. The Kier molecular flexibility index (Phi) is 7.20. The number of hydrogen-bond acceptors (Lipinski definition) is 3. The molecule has 0 rings (SSSR count). The first-order valence-electron chi connectivity index (χ1n) is 5.32. The highest BCUT2D eigenvalue weighted by Crippen LogP contribution is 2.12. The second-order valence-electron chi connectivity index (χ2n) is 3.28. The van der Waals surface area contributed by atoms with Crippen LogP contribution in [0.5, 0.6) is 0 Å². The van der Waals surface area contributed by atoms with E-state index in [1.165, 1.54) is 0 Å². The minimum Gasteiger partial charge on any atom is -0.450 e. The van der Waals surface area contributed by atoms with E-state index in [1.54, 1.807) is 6.92 Å². The maximum Gasteiger partial charge on any atom is 0.407 e. The average Bonchev–Trinajstić information content (AvgIpc) is 2.18. The van der Waals surface area contributed by atoms with Crippen molar-refractivity contribution in [3.8, 4) is 0 Å². The van der Waals surface area contributed by atoms with Gasteiger partial charge in [0.15, 0.2) is 0 Å². The second kappa shape index (κ2) is 7.62. The number of rotatable bonds is 6. The first-order chi connectivity index (χ1) is 6.69. The van der Waals surface area contributed by atoms with Crippen LogP contribution in [0.15, 0.2) is 0 Å². The van der Waals surface area contributed by atoms with Crippen LogP contribution in [-0.2, 0) is 4.74 Å². The van der Waals surface area contributed by atoms with Crippen molar-refractivity contribution in [2.24, 2.45) is 11.7 Å². The number of carbonyl (C=O) groups excluding carboxylic acids is 1. The summed E-state index contributed by atoms with van der Waals surface area (Å²) in [4.78, 5) is 11.2. The molecule has 1 amide bonds. The van der Waals surface area contributed by atoms with Crippen LogP contribution in [0.1, 0.15) is 33.6 Å². The fraction of sp³-hybridized carbons (Fsp3) is 0.900. The predicted octanol–water partition coefficient (Wildman–Crippen LogP) is 1.50. The van der Waals surface area contributed by atoms with E-state index in [-0.39, 0.29) is 12.1 Å². The number of carbonyl (C=O) groups is 1. The highest BCUT2D eigenvalue weighted by molar-refractivity contribution is 5.67. The Bertz CT molecular complexity index is 158. The van der Waals surface area contributed by atoms with E-state index in [4.69, 9.17) is 10.5 Å². The number of hydrogen-bond donors (Lipinski definition) is 2. The van der Waals surface area contributed by atoms with Crippen molar-refractivity contribution in [3.05, 3.63) is 0 Å². The maximum atomic E-state index is 11.2. The summed E-state index contributed by atoms with van der Waals surface area (Å²) in [5.41, 5.74) is 5.60. The molecule has 0 aliphatic carbocycles. The van der Waals surface area contributed by atoms with Crippen LogP contribution in [-0.4, -0.2) is 25.3 Å². The summed E-state index contributed by atoms with van der Waals surface area (Å²) in [6, 6.07) is 0.0315. The molecule has 1 unspecified atom stereocenters. The SMILES string of the molecule is CCOC(=O)NC(CN)C(CC)CC. The summed E-state index contributed by atoms with van der Waals surface area (Å²) in [7, 11) is 0. The molecule has 0 heterocycles. The van der Waals surface area contributed by atoms with E-state index in [2.05, 4.69) is 19.2 Å². The number of amides is 1. The minimum atomic E-state index is -0.366. The van der Waals surface area contributed by atoms with Gasteiger partial charge in [0.1, 0.15) is 0 Å². The Morgan fingerprint density at radius 2 is 1.93 bits per heavy atom. The standard InChI is InChI=1S/C10H22N2O2/c1-4-8(5-2)9(7-11)12-10(13)14-6-3/h8-9H,4-7,11H2,1-3H3,(H,12,13). The normalized spacial score (nSPS) is 12.6. The van der Waals surface area contributed by atoms with Crippen LogP contribution in [0, 0.1) is 5.92 Å². The molecule has 1 atom stereocenters. The third-order valence-electron chi connectivity index (χ3n) is 2.45. The highest BCUT2D eigenvalue weighted by Gasteiger charge is 2.19. The van der Waals surface area contributed by atoms with Crippen LogP contribution in [0.3, 0.4) is 0 Å². The van der Waals surface area contributed by atoms with Crippen LogP contribution < -0.4 is 11.1 Å². The summed E-state index contributed by atoms with van der Waals surface area (Å²) >= 11 is 0. The molecule has 4 nitrogen and oxygen atoms in total. The third kappa shape index (κ3) is 4.46. The smallest absolute Gasteiger partial charge is 0.407 e. The van der Waals surface area contributed by atoms with E-state index in [1.807, 2.05) is 0 Å². The van der Waals surface area contributed by atoms with Crippen molar-refractivity contribution in [2.45, 2.75) is 39.7 Å². The minimum absolute atomic E-state index is 0.0315. The summed E-state index contributed by atoms with van der Waals surface area (Å²) in [6.45, 7) is 6.85. The molecular weight excluding hydrogens is 180 g/mol. The Hall–Kier alpha value is -0.770. The van der Waals surface area contributed by atoms with E-state index in [0.717, 1.165) is 12.8 Å². The zero-order valence-corrected chi connectivity index (χ0v) is 9.38. The van der Waals surface area contributed by atoms with Gasteiger partial charge in [0.2, 0.25) is 0 Å². The Morgan fingerprint density at radius 3 is 2.29 bits per heavy atom. The lowest BCUT2D eigenvalue weighted by molar-refractivity contribution is 0.143. The molecule has 3 N–H and O–H groups in total. The topological polar surface area (TPSA) is 64.3 Å². The molecule has 0 spiro atoms. The molecule has 0 aromatic heterocycles. The molecule has 14 heavy (non-hydrogen) atoms. The molecule has 4 heteroatoms. The van der Waals surface area contributed by atoms with Crippen molar-refractivity contribution in [2.75, 3.05) is 13.2 Å². The molecule has 0 aliphatic heterocycles. The van der Waals surface area contributed by atoms with E-state index in [9.17, 15) is 4.79 Å². The zero-order chi connectivity index (χ0) is 11.0. The number of alkyl carbamates (subject to hydrolysis) is 1. The summed E-state index contributed by atoms with van der Waals surface area (Å²) < 4.78 is 4.81. The van der Waals surface area contributed by atoms with Crippen LogP contribution >= 0.6 is 0 Å². The van der Waals surface area contributed by atoms with Crippen molar-refractivity contribution in [1.29, 1.82) is 0 Å². The van der Waals surface area contributed by atoms with Crippen molar-refractivity contribution in [3.63, 3.8) is 0 Å². The monoisotopic (exact) mass is 202 g/mol. The quantitative estimate of drug-likeness (QED) is 0.686. The van der Waals surface area contributed by atoms with Crippen molar-refractivity contribution >= 4 is 6.09 Å². The fourth-order valence-corrected chi connectivity index (χ4v) is 1.55. The van der Waals surface area contributed by atoms with Gasteiger partial charge in [-0.15, -0.1) is 0 Å². The van der Waals surface area contributed by atoms with Crippen molar-refractivity contribution < 1.29 is 9.53 Å². The van der Waals surface area contributed by atoms with Gasteiger partial charge in [0.25, 0.3) is 0 Å². The van der Waals surface area contributed by atoms with Gasteiger partial charge >= 0.3 is 6.09 Å². The Balaban J connectivity index is 4.05. The Morgan fingerprint density at radius 1 is 1.36 bits per heavy atom. The number of ether oxygens (including phenoxy) is 1. The van der Waals surface area contributed by atoms with E-state index in [0.29, 0.717) is 19.1 Å². The fourth-order valence-electron chi connectivity index (χ4n) is 1.55. The lowest BCUT2D eigenvalue weighted by Crippen LogP contribution is -2.45. The molecule has 0 fully saturated rings. The van der Waals surface area contributed by atoms with E-state index >= 15 is 0 Å². The first kappa shape index (κ1) is 13.2. The van der Waals surface area contributed by atoms with Gasteiger partial charge in [-0.05, 0) is 12.8 Å². The molecular formula is C10H22N2O2. The molecule has 84 valence electrons. The van der Waals surface area contributed by atoms with Gasteiger partial charge < -0.3 is 15.8 Å². The molecule has 0 bridgehead atoms. The molecule has 0 aromatic rings. The van der Waals surface area contributed by atoms with Crippen LogP contribution in [0.4, 0.5) is 4.79 Å². The molecule has 0 saturated carbocycles. The molecule has 0 aromatic carbocycles. The highest BCUT2D eigenvalue weighted by atomic mass is 16.5.